The minimum atomic E-state index is -0.424. The number of rotatable bonds is 4. The molecule has 0 aliphatic heterocycles. The molecule has 2 amide bonds. The average molecular weight is 368 g/mol. The fourth-order valence-electron chi connectivity index (χ4n) is 3.71. The third-order valence-corrected chi connectivity index (χ3v) is 5.47. The summed E-state index contributed by atoms with van der Waals surface area (Å²) in [6.07, 6.45) is 4.47. The predicted octanol–water partition coefficient (Wildman–Crippen LogP) is 4.18. The Hall–Kier alpha value is -2.69. The number of carbonyl (C=O) groups is 2. The zero-order chi connectivity index (χ0) is 19.6. The molecule has 0 spiro atoms. The van der Waals surface area contributed by atoms with E-state index in [1.807, 2.05) is 24.1 Å². The van der Waals surface area contributed by atoms with Crippen LogP contribution in [-0.4, -0.2) is 36.9 Å². The Morgan fingerprint density at radius 3 is 2.30 bits per heavy atom. The van der Waals surface area contributed by atoms with Gasteiger partial charge in [0.05, 0.1) is 0 Å². The van der Waals surface area contributed by atoms with Gasteiger partial charge in [-0.05, 0) is 60.7 Å². The summed E-state index contributed by atoms with van der Waals surface area (Å²) in [5.41, 5.74) is 2.80. The Morgan fingerprint density at radius 1 is 1.07 bits per heavy atom. The molecule has 0 heterocycles. The van der Waals surface area contributed by atoms with Crippen molar-refractivity contribution in [3.63, 3.8) is 0 Å². The van der Waals surface area contributed by atoms with E-state index in [9.17, 15) is 14.0 Å². The molecule has 1 aliphatic carbocycles. The second kappa shape index (κ2) is 7.91. The summed E-state index contributed by atoms with van der Waals surface area (Å²) in [6.45, 7) is 1.69. The lowest BCUT2D eigenvalue weighted by Gasteiger charge is -2.24. The molecule has 5 heteroatoms. The molecule has 2 aromatic rings. The topological polar surface area (TPSA) is 49.4 Å². The lowest BCUT2D eigenvalue weighted by molar-refractivity contribution is 0.0735. The summed E-state index contributed by atoms with van der Waals surface area (Å²) in [4.78, 5) is 26.4. The highest BCUT2D eigenvalue weighted by Gasteiger charge is 2.24. The lowest BCUT2D eigenvalue weighted by atomic mass is 9.96. The summed E-state index contributed by atoms with van der Waals surface area (Å²) in [5.74, 6) is -0.747. The summed E-state index contributed by atoms with van der Waals surface area (Å²) in [6, 6.07) is 10.4. The van der Waals surface area contributed by atoms with Crippen molar-refractivity contribution in [3.8, 4) is 11.1 Å². The van der Waals surface area contributed by atoms with Crippen LogP contribution in [-0.2, 0) is 0 Å². The van der Waals surface area contributed by atoms with Crippen molar-refractivity contribution in [3.05, 3.63) is 58.9 Å². The Labute approximate surface area is 159 Å². The van der Waals surface area contributed by atoms with Gasteiger partial charge in [-0.3, -0.25) is 9.59 Å². The monoisotopic (exact) mass is 368 g/mol. The van der Waals surface area contributed by atoms with Gasteiger partial charge in [0.1, 0.15) is 5.82 Å². The van der Waals surface area contributed by atoms with Crippen molar-refractivity contribution in [2.24, 2.45) is 0 Å². The molecule has 1 N–H and O–H groups in total. The SMILES string of the molecule is CNC(=O)c1cc(F)c(C)c(-c2ccc(C(=O)N(C)C3CCCC3)cc2)c1. The molecule has 0 unspecified atom stereocenters. The largest absolute Gasteiger partial charge is 0.355 e. The van der Waals surface area contributed by atoms with Crippen LogP contribution in [0, 0.1) is 12.7 Å². The molecule has 0 radical (unpaired) electrons. The molecule has 4 nitrogen and oxygen atoms in total. The normalized spacial score (nSPS) is 14.2. The van der Waals surface area contributed by atoms with Crippen molar-refractivity contribution in [2.75, 3.05) is 14.1 Å². The van der Waals surface area contributed by atoms with Crippen LogP contribution >= 0.6 is 0 Å². The first kappa shape index (κ1) is 19.1. The summed E-state index contributed by atoms with van der Waals surface area (Å²) in [5, 5.41) is 2.51. The minimum absolute atomic E-state index is 0.00969. The molecule has 0 atom stereocenters. The van der Waals surface area contributed by atoms with Crippen molar-refractivity contribution >= 4 is 11.8 Å². The molecule has 0 bridgehead atoms. The Kier molecular flexibility index (Phi) is 5.59. The van der Waals surface area contributed by atoms with Gasteiger partial charge >= 0.3 is 0 Å². The molecule has 0 saturated heterocycles. The maximum atomic E-state index is 14.3. The van der Waals surface area contributed by atoms with Crippen molar-refractivity contribution < 1.29 is 14.0 Å². The summed E-state index contributed by atoms with van der Waals surface area (Å²) in [7, 11) is 3.37. The number of hydrogen-bond donors (Lipinski definition) is 1. The summed E-state index contributed by atoms with van der Waals surface area (Å²) >= 11 is 0. The maximum absolute atomic E-state index is 14.3. The highest BCUT2D eigenvalue weighted by Crippen LogP contribution is 2.28. The van der Waals surface area contributed by atoms with Crippen LogP contribution < -0.4 is 5.32 Å². The molecular weight excluding hydrogens is 343 g/mol. The molecule has 142 valence electrons. The predicted molar refractivity (Wildman–Crippen MR) is 104 cm³/mol. The van der Waals surface area contributed by atoms with Gasteiger partial charge in [-0.15, -0.1) is 0 Å². The number of halogens is 1. The van der Waals surface area contributed by atoms with Gasteiger partial charge in [0.2, 0.25) is 0 Å². The fourth-order valence-corrected chi connectivity index (χ4v) is 3.71. The van der Waals surface area contributed by atoms with Crippen molar-refractivity contribution in [1.82, 2.24) is 10.2 Å². The van der Waals surface area contributed by atoms with Crippen molar-refractivity contribution in [1.29, 1.82) is 0 Å². The van der Waals surface area contributed by atoms with Gasteiger partial charge in [-0.1, -0.05) is 25.0 Å². The number of hydrogen-bond acceptors (Lipinski definition) is 2. The van der Waals surface area contributed by atoms with Crippen LogP contribution in [0.25, 0.3) is 11.1 Å². The highest BCUT2D eigenvalue weighted by atomic mass is 19.1. The second-order valence-electron chi connectivity index (χ2n) is 7.14. The van der Waals surface area contributed by atoms with E-state index in [-0.39, 0.29) is 17.4 Å². The van der Waals surface area contributed by atoms with Crippen LogP contribution in [0.15, 0.2) is 36.4 Å². The Bertz CT molecular complexity index is 855. The Balaban J connectivity index is 1.88. The van der Waals surface area contributed by atoms with E-state index in [0.29, 0.717) is 22.7 Å². The highest BCUT2D eigenvalue weighted by molar-refractivity contribution is 5.96. The fraction of sp³-hybridized carbons (Fsp3) is 0.364. The van der Waals surface area contributed by atoms with Gasteiger partial charge in [-0.2, -0.15) is 0 Å². The van der Waals surface area contributed by atoms with Crippen molar-refractivity contribution in [2.45, 2.75) is 38.6 Å². The van der Waals surface area contributed by atoms with Gasteiger partial charge < -0.3 is 10.2 Å². The molecule has 1 aliphatic rings. The van der Waals surface area contributed by atoms with Crippen LogP contribution in [0.5, 0.6) is 0 Å². The average Bonchev–Trinajstić information content (AvgIpc) is 3.23. The van der Waals surface area contributed by atoms with E-state index in [0.717, 1.165) is 18.4 Å². The molecular formula is C22H25FN2O2. The Morgan fingerprint density at radius 2 is 1.70 bits per heavy atom. The minimum Gasteiger partial charge on any atom is -0.355 e. The standard InChI is InChI=1S/C22H25FN2O2/c1-14-19(12-17(13-20(14)23)21(26)24-2)15-8-10-16(11-9-15)22(27)25(3)18-6-4-5-7-18/h8-13,18H,4-7H2,1-3H3,(H,24,26). The molecule has 1 saturated carbocycles. The molecule has 3 rings (SSSR count). The van der Waals surface area contributed by atoms with Gasteiger partial charge in [0, 0.05) is 31.3 Å². The molecule has 2 aromatic carbocycles. The van der Waals surface area contributed by atoms with Crippen LogP contribution in [0.2, 0.25) is 0 Å². The van der Waals surface area contributed by atoms with E-state index in [1.165, 1.54) is 26.0 Å². The van der Waals surface area contributed by atoms with E-state index in [1.54, 1.807) is 25.1 Å². The number of benzene rings is 2. The second-order valence-corrected chi connectivity index (χ2v) is 7.14. The quantitative estimate of drug-likeness (QED) is 0.880. The smallest absolute Gasteiger partial charge is 0.253 e. The van der Waals surface area contributed by atoms with Gasteiger partial charge in [0.25, 0.3) is 11.8 Å². The van der Waals surface area contributed by atoms with Crippen LogP contribution in [0.3, 0.4) is 0 Å². The number of carbonyl (C=O) groups excluding carboxylic acids is 2. The number of nitrogens with zero attached hydrogens (tertiary/aromatic N) is 1. The third kappa shape index (κ3) is 3.87. The first-order valence-corrected chi connectivity index (χ1v) is 9.32. The number of amides is 2. The van der Waals surface area contributed by atoms with E-state index in [2.05, 4.69) is 5.32 Å². The van der Waals surface area contributed by atoms with E-state index < -0.39 is 5.82 Å². The summed E-state index contributed by atoms with van der Waals surface area (Å²) < 4.78 is 14.3. The third-order valence-electron chi connectivity index (χ3n) is 5.47. The van der Waals surface area contributed by atoms with Crippen LogP contribution in [0.4, 0.5) is 4.39 Å². The first-order chi connectivity index (χ1) is 12.9. The molecule has 0 aromatic heterocycles. The van der Waals surface area contributed by atoms with Crippen LogP contribution in [0.1, 0.15) is 52.0 Å². The van der Waals surface area contributed by atoms with Gasteiger partial charge in [-0.25, -0.2) is 4.39 Å². The van der Waals surface area contributed by atoms with E-state index in [4.69, 9.17) is 0 Å². The molecule has 1 fully saturated rings. The lowest BCUT2D eigenvalue weighted by Crippen LogP contribution is -2.35. The van der Waals surface area contributed by atoms with E-state index >= 15 is 0 Å². The molecule has 27 heavy (non-hydrogen) atoms. The first-order valence-electron chi connectivity index (χ1n) is 9.32. The zero-order valence-corrected chi connectivity index (χ0v) is 16.0. The zero-order valence-electron chi connectivity index (χ0n) is 16.0. The number of nitrogens with one attached hydrogen (secondary N) is 1. The van der Waals surface area contributed by atoms with Gasteiger partial charge in [0.15, 0.2) is 0 Å². The maximum Gasteiger partial charge on any atom is 0.253 e.